The minimum atomic E-state index is -5.11. The monoisotopic (exact) mass is 624 g/mol. The molecule has 0 spiro atoms. The molecule has 4 rings (SSSR count). The zero-order chi connectivity index (χ0) is 31.9. The fraction of sp³-hybridized carbons (Fsp3) is 0.393. The molecule has 0 amide bonds. The van der Waals surface area contributed by atoms with Gasteiger partial charge in [0.1, 0.15) is 11.4 Å². The summed E-state index contributed by atoms with van der Waals surface area (Å²) in [5, 5.41) is 2.76. The molecule has 0 saturated heterocycles. The van der Waals surface area contributed by atoms with Crippen molar-refractivity contribution in [3.63, 3.8) is 0 Å². The van der Waals surface area contributed by atoms with Crippen molar-refractivity contribution in [1.82, 2.24) is 10.3 Å². The summed E-state index contributed by atoms with van der Waals surface area (Å²) in [6, 6.07) is 5.15. The predicted octanol–water partition coefficient (Wildman–Crippen LogP) is 7.85. The first-order chi connectivity index (χ1) is 20.0. The third-order valence-corrected chi connectivity index (χ3v) is 6.78. The highest BCUT2D eigenvalue weighted by Crippen LogP contribution is 2.46. The van der Waals surface area contributed by atoms with E-state index in [4.69, 9.17) is 14.2 Å². The van der Waals surface area contributed by atoms with Crippen LogP contribution in [0.15, 0.2) is 36.4 Å². The second-order valence-electron chi connectivity index (χ2n) is 9.64. The number of alkyl halides is 9. The van der Waals surface area contributed by atoms with Gasteiger partial charge in [-0.2, -0.15) is 39.5 Å². The first-order valence-corrected chi connectivity index (χ1v) is 12.8. The van der Waals surface area contributed by atoms with E-state index >= 15 is 0 Å². The van der Waals surface area contributed by atoms with Crippen LogP contribution in [-0.2, 0) is 34.5 Å². The normalized spacial score (nSPS) is 18.0. The van der Waals surface area contributed by atoms with Gasteiger partial charge in [0.05, 0.1) is 42.6 Å². The number of hydrogen-bond acceptors (Lipinski definition) is 5. The average Bonchev–Trinajstić information content (AvgIpc) is 3.30. The van der Waals surface area contributed by atoms with Crippen LogP contribution in [0.3, 0.4) is 0 Å². The van der Waals surface area contributed by atoms with Gasteiger partial charge < -0.3 is 24.5 Å². The van der Waals surface area contributed by atoms with Gasteiger partial charge in [0.15, 0.2) is 0 Å². The molecule has 1 aromatic heterocycles. The first-order valence-electron chi connectivity index (χ1n) is 12.8. The quantitative estimate of drug-likeness (QED) is 0.229. The molecule has 0 saturated carbocycles. The molecule has 2 bridgehead atoms. The second-order valence-corrected chi connectivity index (χ2v) is 9.64. The van der Waals surface area contributed by atoms with Gasteiger partial charge in [-0.25, -0.2) is 4.79 Å². The number of methoxy groups -OCH3 is 1. The van der Waals surface area contributed by atoms with Crippen LogP contribution in [0.4, 0.5) is 39.5 Å². The Morgan fingerprint density at radius 2 is 1.56 bits per heavy atom. The van der Waals surface area contributed by atoms with Crippen molar-refractivity contribution in [3.8, 4) is 16.9 Å². The molecular weight excluding hydrogens is 599 g/mol. The molecule has 1 aliphatic rings. The molecule has 43 heavy (non-hydrogen) atoms. The molecule has 0 radical (unpaired) electrons. The van der Waals surface area contributed by atoms with Crippen LogP contribution in [0.5, 0.6) is 5.75 Å². The summed E-state index contributed by atoms with van der Waals surface area (Å²) >= 11 is 0. The molecule has 2 unspecified atom stereocenters. The van der Waals surface area contributed by atoms with Gasteiger partial charge in [0, 0.05) is 29.9 Å². The number of H-pyrrole nitrogens is 1. The standard InChI is InChI=1S/C28H25F9N2O4/c1-4-42-25(40)24-23(28(35,36)37)22-18-9-14(5-6-20(18)41-3)13(2)43-21(12-38-11-19(22)39-24)15-7-16(26(29,30)31)10-17(8-15)27(32,33)34/h5-10,13,21,38-39H,4,11-12H2,1-3H3. The molecule has 2 N–H and O–H groups in total. The molecule has 2 heterocycles. The van der Waals surface area contributed by atoms with Crippen molar-refractivity contribution in [2.24, 2.45) is 0 Å². The lowest BCUT2D eigenvalue weighted by Crippen LogP contribution is -2.25. The number of fused-ring (bicyclic) bond motifs is 4. The molecule has 234 valence electrons. The van der Waals surface area contributed by atoms with Gasteiger partial charge in [-0.1, -0.05) is 6.07 Å². The zero-order valence-corrected chi connectivity index (χ0v) is 22.8. The highest BCUT2D eigenvalue weighted by molar-refractivity contribution is 5.94. The van der Waals surface area contributed by atoms with Crippen molar-refractivity contribution in [2.75, 3.05) is 20.3 Å². The molecule has 0 aliphatic carbocycles. The van der Waals surface area contributed by atoms with E-state index in [9.17, 15) is 44.3 Å². The van der Waals surface area contributed by atoms with Crippen LogP contribution in [0, 0.1) is 0 Å². The summed E-state index contributed by atoms with van der Waals surface area (Å²) in [6.45, 7) is 1.80. The maximum absolute atomic E-state index is 14.5. The largest absolute Gasteiger partial charge is 0.496 e. The van der Waals surface area contributed by atoms with Crippen molar-refractivity contribution >= 4 is 5.97 Å². The third-order valence-electron chi connectivity index (χ3n) is 6.78. The van der Waals surface area contributed by atoms with Gasteiger partial charge in [-0.3, -0.25) is 0 Å². The number of esters is 1. The fourth-order valence-electron chi connectivity index (χ4n) is 4.86. The van der Waals surface area contributed by atoms with Gasteiger partial charge in [0.25, 0.3) is 0 Å². The third kappa shape index (κ3) is 6.77. The highest BCUT2D eigenvalue weighted by atomic mass is 19.4. The molecule has 0 fully saturated rings. The van der Waals surface area contributed by atoms with E-state index < -0.39 is 83.3 Å². The topological polar surface area (TPSA) is 72.6 Å². The van der Waals surface area contributed by atoms with Crippen molar-refractivity contribution in [3.05, 3.63) is 75.6 Å². The van der Waals surface area contributed by atoms with E-state index in [1.54, 1.807) is 0 Å². The number of benzene rings is 2. The van der Waals surface area contributed by atoms with E-state index in [-0.39, 0.29) is 35.2 Å². The summed E-state index contributed by atoms with van der Waals surface area (Å²) < 4.78 is 141. The Kier molecular flexibility index (Phi) is 8.80. The molecule has 2 atom stereocenters. The van der Waals surface area contributed by atoms with Crippen LogP contribution in [-0.4, -0.2) is 31.2 Å². The van der Waals surface area contributed by atoms with Crippen LogP contribution in [0.2, 0.25) is 0 Å². The summed E-state index contributed by atoms with van der Waals surface area (Å²) in [4.78, 5) is 15.0. The summed E-state index contributed by atoms with van der Waals surface area (Å²) in [6.07, 6.45) is -17.7. The Morgan fingerprint density at radius 3 is 2.09 bits per heavy atom. The number of rotatable bonds is 4. The number of ether oxygens (including phenoxy) is 3. The number of aromatic nitrogens is 1. The van der Waals surface area contributed by atoms with E-state index in [0.29, 0.717) is 12.1 Å². The van der Waals surface area contributed by atoms with Crippen molar-refractivity contribution in [2.45, 2.75) is 51.1 Å². The number of hydrogen-bond donors (Lipinski definition) is 2. The lowest BCUT2D eigenvalue weighted by Gasteiger charge is -2.25. The van der Waals surface area contributed by atoms with Crippen molar-refractivity contribution < 1.29 is 58.5 Å². The average molecular weight is 625 g/mol. The van der Waals surface area contributed by atoms with Gasteiger partial charge in [-0.05, 0) is 55.3 Å². The maximum atomic E-state index is 14.5. The molecule has 15 heteroatoms. The Hall–Kier alpha value is -3.72. The molecule has 1 aliphatic heterocycles. The van der Waals surface area contributed by atoms with E-state index in [0.717, 1.165) is 0 Å². The molecular formula is C28H25F9N2O4. The van der Waals surface area contributed by atoms with Gasteiger partial charge in [-0.15, -0.1) is 0 Å². The SMILES string of the molecule is CCOC(=O)c1[nH]c2c(c1C(F)(F)F)-c1cc(ccc1OC)C(C)OC(c1cc(C(F)(F)F)cc(C(F)(F)F)c1)CNC2. The molecule has 2 aromatic carbocycles. The second kappa shape index (κ2) is 11.8. The lowest BCUT2D eigenvalue weighted by molar-refractivity contribution is -0.143. The van der Waals surface area contributed by atoms with Gasteiger partial charge in [0.2, 0.25) is 0 Å². The number of aromatic amines is 1. The Balaban J connectivity index is 1.92. The molecule has 6 nitrogen and oxygen atoms in total. The number of nitrogens with one attached hydrogen (secondary N) is 2. The maximum Gasteiger partial charge on any atom is 0.419 e. The van der Waals surface area contributed by atoms with Crippen LogP contribution >= 0.6 is 0 Å². The first kappa shape index (κ1) is 32.2. The van der Waals surface area contributed by atoms with E-state index in [1.807, 2.05) is 0 Å². The zero-order valence-electron chi connectivity index (χ0n) is 22.8. The predicted molar refractivity (Wildman–Crippen MR) is 134 cm³/mol. The summed E-state index contributed by atoms with van der Waals surface area (Å²) in [5.74, 6) is -1.27. The molecule has 3 aromatic rings. The number of halogens is 9. The number of carbonyl (C=O) groups excluding carboxylic acids is 1. The van der Waals surface area contributed by atoms with Crippen molar-refractivity contribution in [1.29, 1.82) is 0 Å². The van der Waals surface area contributed by atoms with Crippen LogP contribution in [0.1, 0.15) is 70.1 Å². The summed E-state index contributed by atoms with van der Waals surface area (Å²) in [7, 11) is 1.22. The minimum absolute atomic E-state index is 0.000559. The minimum Gasteiger partial charge on any atom is -0.496 e. The summed E-state index contributed by atoms with van der Waals surface area (Å²) in [5.41, 5.74) is -6.18. The smallest absolute Gasteiger partial charge is 0.419 e. The Labute approximate surface area is 239 Å². The lowest BCUT2D eigenvalue weighted by atomic mass is 9.95. The number of carbonyl (C=O) groups is 1. The van der Waals surface area contributed by atoms with E-state index in [2.05, 4.69) is 10.3 Å². The van der Waals surface area contributed by atoms with Crippen LogP contribution < -0.4 is 10.1 Å². The Bertz CT molecular complexity index is 1460. The Morgan fingerprint density at radius 1 is 0.930 bits per heavy atom. The highest BCUT2D eigenvalue weighted by Gasteiger charge is 2.43. The van der Waals surface area contributed by atoms with Crippen LogP contribution in [0.25, 0.3) is 11.1 Å². The van der Waals surface area contributed by atoms with E-state index in [1.165, 1.54) is 39.2 Å². The fourth-order valence-corrected chi connectivity index (χ4v) is 4.86. The van der Waals surface area contributed by atoms with Gasteiger partial charge >= 0.3 is 24.5 Å².